The molecule has 0 spiro atoms. The zero-order valence-corrected chi connectivity index (χ0v) is 7.33. The average molecular weight is 148 g/mol. The predicted molar refractivity (Wildman–Crippen MR) is 47.0 cm³/mol. The number of rotatable bonds is 1. The molecule has 0 fully saturated rings. The number of nitrogens with zero attached hydrogens (tertiary/aromatic N) is 1. The van der Waals surface area contributed by atoms with Crippen LogP contribution >= 0.6 is 0 Å². The fourth-order valence-electron chi connectivity index (χ4n) is 0.964. The third-order valence-electron chi connectivity index (χ3n) is 1.50. The maximum Gasteiger partial charge on any atom is 0.183 e. The van der Waals surface area contributed by atoms with E-state index in [0.29, 0.717) is 0 Å². The molecule has 0 bridgehead atoms. The molecule has 0 saturated carbocycles. The van der Waals surface area contributed by atoms with Crippen molar-refractivity contribution in [2.75, 3.05) is 0 Å². The lowest BCUT2D eigenvalue weighted by molar-refractivity contribution is -0.576. The van der Waals surface area contributed by atoms with Crippen LogP contribution in [0.5, 0.6) is 0 Å². The molecule has 1 heterocycles. The Balaban J connectivity index is 3.04. The van der Waals surface area contributed by atoms with Crippen molar-refractivity contribution in [2.45, 2.75) is 20.8 Å². The van der Waals surface area contributed by atoms with Crippen molar-refractivity contribution in [1.29, 1.82) is 0 Å². The summed E-state index contributed by atoms with van der Waals surface area (Å²) in [4.78, 5) is 0. The van der Waals surface area contributed by atoms with Gasteiger partial charge in [-0.05, 0) is 19.4 Å². The molecular weight excluding hydrogens is 134 g/mol. The Morgan fingerprint density at radius 2 is 2.09 bits per heavy atom. The summed E-state index contributed by atoms with van der Waals surface area (Å²) >= 11 is 0. The van der Waals surface area contributed by atoms with Crippen molar-refractivity contribution in [3.8, 4) is 0 Å². The van der Waals surface area contributed by atoms with E-state index in [0.717, 1.165) is 0 Å². The first-order valence-corrected chi connectivity index (χ1v) is 3.82. The highest BCUT2D eigenvalue weighted by Gasteiger charge is 1.98. The van der Waals surface area contributed by atoms with Gasteiger partial charge >= 0.3 is 0 Å². The van der Waals surface area contributed by atoms with Gasteiger partial charge in [0.25, 0.3) is 0 Å². The zero-order chi connectivity index (χ0) is 8.27. The Labute approximate surface area is 68.0 Å². The van der Waals surface area contributed by atoms with Crippen molar-refractivity contribution in [3.05, 3.63) is 35.7 Å². The normalized spacial score (nSPS) is 9.36. The molecule has 0 aliphatic carbocycles. The summed E-state index contributed by atoms with van der Waals surface area (Å²) in [7, 11) is 0. The number of allylic oxidation sites excluding steroid dienone is 1. The van der Waals surface area contributed by atoms with Gasteiger partial charge in [-0.3, -0.25) is 0 Å². The SMILES string of the molecule is CC(C)=C[n+]1ccccc1C. The zero-order valence-electron chi connectivity index (χ0n) is 7.33. The monoisotopic (exact) mass is 148 g/mol. The predicted octanol–water partition coefficient (Wildman–Crippen LogP) is 2.16. The van der Waals surface area contributed by atoms with Crippen molar-refractivity contribution in [3.63, 3.8) is 0 Å². The Kier molecular flexibility index (Phi) is 2.42. The average Bonchev–Trinajstić information content (AvgIpc) is 1.93. The van der Waals surface area contributed by atoms with E-state index in [4.69, 9.17) is 0 Å². The van der Waals surface area contributed by atoms with E-state index in [-0.39, 0.29) is 0 Å². The Morgan fingerprint density at radius 3 is 2.64 bits per heavy atom. The van der Waals surface area contributed by atoms with Crippen LogP contribution in [0.4, 0.5) is 0 Å². The Morgan fingerprint density at radius 1 is 1.36 bits per heavy atom. The molecule has 1 nitrogen and oxygen atoms in total. The topological polar surface area (TPSA) is 3.88 Å². The molecular formula is C10H14N+. The molecule has 1 rings (SSSR count). The standard InChI is InChI=1S/C10H14N/c1-9(2)8-11-7-5-4-6-10(11)3/h4-8H,1-3H3/q+1. The van der Waals surface area contributed by atoms with Gasteiger partial charge in [0.15, 0.2) is 18.1 Å². The summed E-state index contributed by atoms with van der Waals surface area (Å²) in [6, 6.07) is 6.18. The second kappa shape index (κ2) is 3.33. The highest BCUT2D eigenvalue weighted by Crippen LogP contribution is 1.91. The van der Waals surface area contributed by atoms with Crippen LogP contribution in [0.15, 0.2) is 30.0 Å². The molecule has 1 aromatic rings. The van der Waals surface area contributed by atoms with Gasteiger partial charge < -0.3 is 0 Å². The van der Waals surface area contributed by atoms with E-state index < -0.39 is 0 Å². The fourth-order valence-corrected chi connectivity index (χ4v) is 0.964. The van der Waals surface area contributed by atoms with E-state index in [2.05, 4.69) is 43.8 Å². The first kappa shape index (κ1) is 7.99. The molecule has 0 aliphatic rings. The van der Waals surface area contributed by atoms with Gasteiger partial charge in [-0.15, -0.1) is 0 Å². The van der Waals surface area contributed by atoms with Gasteiger partial charge in [-0.2, -0.15) is 4.57 Å². The lowest BCUT2D eigenvalue weighted by Crippen LogP contribution is -2.29. The van der Waals surface area contributed by atoms with Crippen LogP contribution in [0.1, 0.15) is 19.5 Å². The Hall–Kier alpha value is -1.11. The fraction of sp³-hybridized carbons (Fsp3) is 0.300. The number of aryl methyl sites for hydroxylation is 1. The molecule has 11 heavy (non-hydrogen) atoms. The second-order valence-electron chi connectivity index (χ2n) is 2.96. The smallest absolute Gasteiger partial charge is 0.171 e. The molecule has 58 valence electrons. The van der Waals surface area contributed by atoms with E-state index in [1.165, 1.54) is 11.3 Å². The van der Waals surface area contributed by atoms with E-state index in [1.807, 2.05) is 12.1 Å². The summed E-state index contributed by atoms with van der Waals surface area (Å²) in [5.41, 5.74) is 2.57. The molecule has 0 amide bonds. The van der Waals surface area contributed by atoms with E-state index in [9.17, 15) is 0 Å². The molecule has 0 radical (unpaired) electrons. The lowest BCUT2D eigenvalue weighted by Gasteiger charge is -1.91. The van der Waals surface area contributed by atoms with Crippen molar-refractivity contribution < 1.29 is 4.57 Å². The number of aromatic nitrogens is 1. The van der Waals surface area contributed by atoms with Gasteiger partial charge in [0.05, 0.1) is 0 Å². The van der Waals surface area contributed by atoms with Crippen molar-refractivity contribution >= 4 is 6.20 Å². The molecule has 0 aliphatic heterocycles. The van der Waals surface area contributed by atoms with Crippen molar-refractivity contribution in [1.82, 2.24) is 0 Å². The molecule has 0 unspecified atom stereocenters. The van der Waals surface area contributed by atoms with Crippen LogP contribution < -0.4 is 4.57 Å². The van der Waals surface area contributed by atoms with Crippen molar-refractivity contribution in [2.24, 2.45) is 0 Å². The molecule has 1 aromatic heterocycles. The summed E-state index contributed by atoms with van der Waals surface area (Å²) in [5.74, 6) is 0. The van der Waals surface area contributed by atoms with Crippen LogP contribution in [-0.4, -0.2) is 0 Å². The third kappa shape index (κ3) is 2.19. The van der Waals surface area contributed by atoms with E-state index >= 15 is 0 Å². The molecule has 0 saturated heterocycles. The first-order valence-electron chi connectivity index (χ1n) is 3.82. The van der Waals surface area contributed by atoms with Crippen LogP contribution in [0.25, 0.3) is 6.20 Å². The van der Waals surface area contributed by atoms with Crippen LogP contribution in [-0.2, 0) is 0 Å². The second-order valence-corrected chi connectivity index (χ2v) is 2.96. The van der Waals surface area contributed by atoms with Gasteiger partial charge in [0.2, 0.25) is 0 Å². The van der Waals surface area contributed by atoms with Gasteiger partial charge in [0, 0.05) is 19.1 Å². The lowest BCUT2D eigenvalue weighted by atomic mass is 10.3. The summed E-state index contributed by atoms with van der Waals surface area (Å²) < 4.78 is 2.12. The molecule has 0 aromatic carbocycles. The minimum absolute atomic E-state index is 1.26. The number of hydrogen-bond donors (Lipinski definition) is 0. The minimum atomic E-state index is 1.26. The highest BCUT2D eigenvalue weighted by atomic mass is 14.9. The third-order valence-corrected chi connectivity index (χ3v) is 1.50. The number of hydrogen-bond acceptors (Lipinski definition) is 0. The Bertz CT molecular complexity index is 270. The van der Waals surface area contributed by atoms with Crippen LogP contribution in [0.2, 0.25) is 0 Å². The van der Waals surface area contributed by atoms with Gasteiger partial charge in [-0.1, -0.05) is 6.07 Å². The van der Waals surface area contributed by atoms with Gasteiger partial charge in [0.1, 0.15) is 0 Å². The largest absolute Gasteiger partial charge is 0.183 e. The first-order chi connectivity index (χ1) is 5.20. The highest BCUT2D eigenvalue weighted by molar-refractivity contribution is 5.16. The molecule has 0 atom stereocenters. The maximum absolute atomic E-state index is 2.12. The number of pyridine rings is 1. The molecule has 1 heteroatoms. The van der Waals surface area contributed by atoms with E-state index in [1.54, 1.807) is 0 Å². The summed E-state index contributed by atoms with van der Waals surface area (Å²) in [6.07, 6.45) is 4.18. The summed E-state index contributed by atoms with van der Waals surface area (Å²) in [5, 5.41) is 0. The van der Waals surface area contributed by atoms with Crippen LogP contribution in [0.3, 0.4) is 0 Å². The maximum atomic E-state index is 2.12. The van der Waals surface area contributed by atoms with Gasteiger partial charge in [-0.25, -0.2) is 0 Å². The van der Waals surface area contributed by atoms with Crippen LogP contribution in [0, 0.1) is 6.92 Å². The quantitative estimate of drug-likeness (QED) is 0.537. The summed E-state index contributed by atoms with van der Waals surface area (Å²) in [6.45, 7) is 6.29. The minimum Gasteiger partial charge on any atom is -0.171 e. The molecule has 0 N–H and O–H groups in total.